The van der Waals surface area contributed by atoms with Gasteiger partial charge in [-0.15, -0.1) is 0 Å². The summed E-state index contributed by atoms with van der Waals surface area (Å²) in [6.45, 7) is 7.66. The van der Waals surface area contributed by atoms with Crippen LogP contribution in [0.15, 0.2) is 77.2 Å². The van der Waals surface area contributed by atoms with E-state index in [1.165, 1.54) is 29.7 Å². The lowest BCUT2D eigenvalue weighted by Crippen LogP contribution is -2.44. The van der Waals surface area contributed by atoms with E-state index in [1.54, 1.807) is 6.07 Å². The quantitative estimate of drug-likeness (QED) is 0.225. The number of benzene rings is 3. The summed E-state index contributed by atoms with van der Waals surface area (Å²) in [5, 5.41) is 16.1. The molecule has 4 aromatic rings. The topological polar surface area (TPSA) is 105 Å². The van der Waals surface area contributed by atoms with E-state index in [4.69, 9.17) is 9.68 Å². The number of anilines is 2. The van der Waals surface area contributed by atoms with Gasteiger partial charge in [-0.2, -0.15) is 5.26 Å². The van der Waals surface area contributed by atoms with E-state index in [0.29, 0.717) is 11.1 Å². The highest BCUT2D eigenvalue weighted by atomic mass is 16.3. The predicted molar refractivity (Wildman–Crippen MR) is 188 cm³/mol. The second-order valence-electron chi connectivity index (χ2n) is 13.6. The first-order valence-electron chi connectivity index (χ1n) is 17.4. The Morgan fingerprint density at radius 3 is 2.04 bits per heavy atom. The SMILES string of the molecule is N#Cc1ccc(CN2CCC(NC(=O)c3cc4cc(NC(=O)C5CCN(Cc6ccc(N7CCCC7)cc6)CC5)ccc4o3)CC2)cc1. The first-order chi connectivity index (χ1) is 23.5. The molecule has 0 spiro atoms. The second-order valence-corrected chi connectivity index (χ2v) is 13.6. The van der Waals surface area contributed by atoms with Crippen molar-refractivity contribution in [1.82, 2.24) is 15.1 Å². The van der Waals surface area contributed by atoms with E-state index in [9.17, 15) is 9.59 Å². The van der Waals surface area contributed by atoms with Gasteiger partial charge in [0.2, 0.25) is 5.91 Å². The van der Waals surface area contributed by atoms with Crippen LogP contribution in [0.4, 0.5) is 11.4 Å². The van der Waals surface area contributed by atoms with Gasteiger partial charge in [0.05, 0.1) is 11.6 Å². The van der Waals surface area contributed by atoms with E-state index in [1.807, 2.05) is 42.5 Å². The van der Waals surface area contributed by atoms with Gasteiger partial charge in [0.1, 0.15) is 5.58 Å². The largest absolute Gasteiger partial charge is 0.451 e. The number of carbonyl (C=O) groups is 2. The summed E-state index contributed by atoms with van der Waals surface area (Å²) in [7, 11) is 0. The average molecular weight is 645 g/mol. The van der Waals surface area contributed by atoms with Crippen molar-refractivity contribution in [3.63, 3.8) is 0 Å². The maximum atomic E-state index is 13.2. The molecule has 0 atom stereocenters. The number of nitrogens with zero attached hydrogens (tertiary/aromatic N) is 4. The molecular formula is C39H44N6O3. The lowest BCUT2D eigenvalue weighted by Gasteiger charge is -2.32. The Kier molecular flexibility index (Phi) is 9.73. The summed E-state index contributed by atoms with van der Waals surface area (Å²) < 4.78 is 5.89. The van der Waals surface area contributed by atoms with Crippen molar-refractivity contribution in [2.75, 3.05) is 49.5 Å². The Morgan fingerprint density at radius 1 is 0.771 bits per heavy atom. The van der Waals surface area contributed by atoms with Crippen LogP contribution in [0.2, 0.25) is 0 Å². The average Bonchev–Trinajstić information content (AvgIpc) is 3.81. The molecule has 0 radical (unpaired) electrons. The number of hydrogen-bond donors (Lipinski definition) is 2. The Labute approximate surface area is 282 Å². The van der Waals surface area contributed by atoms with E-state index in [-0.39, 0.29) is 29.5 Å². The monoisotopic (exact) mass is 644 g/mol. The van der Waals surface area contributed by atoms with Crippen molar-refractivity contribution in [1.29, 1.82) is 5.26 Å². The Hall–Kier alpha value is -4.65. The van der Waals surface area contributed by atoms with Gasteiger partial charge >= 0.3 is 0 Å². The highest BCUT2D eigenvalue weighted by molar-refractivity contribution is 5.98. The molecule has 3 aliphatic rings. The summed E-state index contributed by atoms with van der Waals surface area (Å²) in [4.78, 5) is 33.5. The maximum absolute atomic E-state index is 13.2. The zero-order valence-electron chi connectivity index (χ0n) is 27.5. The van der Waals surface area contributed by atoms with E-state index in [0.717, 1.165) is 89.1 Å². The Bertz CT molecular complexity index is 1750. The minimum atomic E-state index is -0.211. The smallest absolute Gasteiger partial charge is 0.287 e. The third kappa shape index (κ3) is 7.73. The predicted octanol–water partition coefficient (Wildman–Crippen LogP) is 6.15. The lowest BCUT2D eigenvalue weighted by molar-refractivity contribution is -0.121. The first kappa shape index (κ1) is 31.9. The minimum absolute atomic E-state index is 0.0179. The summed E-state index contributed by atoms with van der Waals surface area (Å²) in [5.74, 6) is 0.106. The molecule has 48 heavy (non-hydrogen) atoms. The van der Waals surface area contributed by atoms with Crippen molar-refractivity contribution in [2.45, 2.75) is 57.7 Å². The van der Waals surface area contributed by atoms with Crippen molar-refractivity contribution >= 4 is 34.2 Å². The zero-order chi connectivity index (χ0) is 32.9. The van der Waals surface area contributed by atoms with Gasteiger partial charge in [0, 0.05) is 68.0 Å². The van der Waals surface area contributed by atoms with Gasteiger partial charge in [0.25, 0.3) is 5.91 Å². The molecule has 0 aliphatic carbocycles. The lowest BCUT2D eigenvalue weighted by atomic mass is 9.95. The highest BCUT2D eigenvalue weighted by Gasteiger charge is 2.26. The number of furan rings is 1. The summed E-state index contributed by atoms with van der Waals surface area (Å²) in [6, 6.07) is 26.3. The van der Waals surface area contributed by atoms with Crippen molar-refractivity contribution < 1.29 is 14.0 Å². The number of nitriles is 1. The van der Waals surface area contributed by atoms with Crippen molar-refractivity contribution in [2.24, 2.45) is 5.92 Å². The van der Waals surface area contributed by atoms with Crippen LogP contribution in [0.5, 0.6) is 0 Å². The molecule has 9 heteroatoms. The van der Waals surface area contributed by atoms with Crippen LogP contribution in [0.1, 0.15) is 65.8 Å². The molecule has 2 N–H and O–H groups in total. The molecule has 1 aromatic heterocycles. The van der Waals surface area contributed by atoms with Crippen LogP contribution in [-0.4, -0.2) is 66.9 Å². The number of likely N-dealkylation sites (tertiary alicyclic amines) is 2. The minimum Gasteiger partial charge on any atom is -0.451 e. The number of carbonyl (C=O) groups excluding carboxylic acids is 2. The van der Waals surface area contributed by atoms with Crippen LogP contribution in [-0.2, 0) is 17.9 Å². The molecule has 3 aromatic carbocycles. The Morgan fingerprint density at radius 2 is 1.40 bits per heavy atom. The molecule has 4 heterocycles. The number of fused-ring (bicyclic) bond motifs is 1. The third-order valence-corrected chi connectivity index (χ3v) is 10.2. The normalized spacial score (nSPS) is 18.2. The van der Waals surface area contributed by atoms with Gasteiger partial charge < -0.3 is 20.0 Å². The molecule has 0 unspecified atom stereocenters. The number of piperidine rings is 2. The Balaban J connectivity index is 0.858. The van der Waals surface area contributed by atoms with Crippen LogP contribution >= 0.6 is 0 Å². The molecule has 9 nitrogen and oxygen atoms in total. The van der Waals surface area contributed by atoms with E-state index >= 15 is 0 Å². The summed E-state index contributed by atoms with van der Waals surface area (Å²) in [5.41, 5.74) is 5.84. The molecular weight excluding hydrogens is 600 g/mol. The van der Waals surface area contributed by atoms with Crippen molar-refractivity contribution in [3.05, 3.63) is 95.2 Å². The van der Waals surface area contributed by atoms with E-state index < -0.39 is 0 Å². The molecule has 0 saturated carbocycles. The fourth-order valence-electron chi connectivity index (χ4n) is 7.31. The molecule has 248 valence electrons. The summed E-state index contributed by atoms with van der Waals surface area (Å²) >= 11 is 0. The van der Waals surface area contributed by atoms with Gasteiger partial charge in [-0.05, 0) is 111 Å². The zero-order valence-corrected chi connectivity index (χ0v) is 27.5. The molecule has 0 bridgehead atoms. The number of nitrogens with one attached hydrogen (secondary N) is 2. The molecule has 7 rings (SSSR count). The fourth-order valence-corrected chi connectivity index (χ4v) is 7.31. The molecule has 2 amide bonds. The van der Waals surface area contributed by atoms with Crippen LogP contribution in [0, 0.1) is 17.2 Å². The van der Waals surface area contributed by atoms with Crippen LogP contribution in [0.3, 0.4) is 0 Å². The van der Waals surface area contributed by atoms with Crippen LogP contribution in [0.25, 0.3) is 11.0 Å². The number of hydrogen-bond acceptors (Lipinski definition) is 7. The summed E-state index contributed by atoms with van der Waals surface area (Å²) in [6.07, 6.45) is 5.97. The van der Waals surface area contributed by atoms with Gasteiger partial charge in [0.15, 0.2) is 5.76 Å². The highest BCUT2D eigenvalue weighted by Crippen LogP contribution is 2.27. The van der Waals surface area contributed by atoms with Gasteiger partial charge in [-0.3, -0.25) is 19.4 Å². The van der Waals surface area contributed by atoms with E-state index in [2.05, 4.69) is 55.7 Å². The number of amides is 2. The molecule has 3 fully saturated rings. The van der Waals surface area contributed by atoms with Crippen LogP contribution < -0.4 is 15.5 Å². The third-order valence-electron chi connectivity index (χ3n) is 10.2. The second kappa shape index (κ2) is 14.6. The molecule has 3 saturated heterocycles. The van der Waals surface area contributed by atoms with Gasteiger partial charge in [-0.25, -0.2) is 0 Å². The standard InChI is InChI=1S/C39H44N6O3/c40-25-28-3-5-29(6-4-28)26-44-21-15-33(16-22-44)41-39(47)37-24-32-23-34(9-12-36(32)48-37)42-38(46)31-13-19-43(20-14-31)27-30-7-10-35(11-8-30)45-17-1-2-18-45/h3-12,23-24,31,33H,1-2,13-22,26-27H2,(H,41,47)(H,42,46). The van der Waals surface area contributed by atoms with Crippen molar-refractivity contribution in [3.8, 4) is 6.07 Å². The number of rotatable bonds is 9. The first-order valence-corrected chi connectivity index (χ1v) is 17.4. The van der Waals surface area contributed by atoms with Gasteiger partial charge in [-0.1, -0.05) is 24.3 Å². The fraction of sp³-hybridized carbons (Fsp3) is 0.410. The maximum Gasteiger partial charge on any atom is 0.287 e. The molecule has 3 aliphatic heterocycles.